The van der Waals surface area contributed by atoms with Crippen LogP contribution in [0.3, 0.4) is 0 Å². The Balaban J connectivity index is 1.81. The summed E-state index contributed by atoms with van der Waals surface area (Å²) in [5.41, 5.74) is 6.49. The maximum absolute atomic E-state index is 6.18. The third-order valence-electron chi connectivity index (χ3n) is 4.63. The second-order valence-corrected chi connectivity index (χ2v) is 6.62. The highest BCUT2D eigenvalue weighted by molar-refractivity contribution is 4.90. The highest BCUT2D eigenvalue weighted by Gasteiger charge is 2.34. The molecule has 1 aliphatic carbocycles. The Hall–Kier alpha value is -0.0800. The molecule has 0 aromatic rings. The molecule has 2 heteroatoms. The van der Waals surface area contributed by atoms with Gasteiger partial charge in [-0.05, 0) is 37.1 Å². The molecule has 0 spiro atoms. The van der Waals surface area contributed by atoms with Gasteiger partial charge in [0.1, 0.15) is 0 Å². The van der Waals surface area contributed by atoms with E-state index in [0.29, 0.717) is 11.5 Å². The van der Waals surface area contributed by atoms with Crippen LogP contribution < -0.4 is 5.73 Å². The quantitative estimate of drug-likeness (QED) is 0.781. The van der Waals surface area contributed by atoms with Crippen molar-refractivity contribution in [3.63, 3.8) is 0 Å². The third kappa shape index (κ3) is 2.98. The van der Waals surface area contributed by atoms with Crippen LogP contribution in [0.1, 0.15) is 52.4 Å². The Labute approximate surface area is 101 Å². The van der Waals surface area contributed by atoms with Crippen molar-refractivity contribution in [1.29, 1.82) is 0 Å². The number of hydrogen-bond acceptors (Lipinski definition) is 2. The van der Waals surface area contributed by atoms with Gasteiger partial charge in [0, 0.05) is 19.1 Å². The lowest BCUT2D eigenvalue weighted by Gasteiger charge is -2.44. The van der Waals surface area contributed by atoms with Crippen molar-refractivity contribution in [2.45, 2.75) is 58.4 Å². The fraction of sp³-hybridized carbons (Fsp3) is 1.00. The third-order valence-corrected chi connectivity index (χ3v) is 4.63. The number of nitrogens with zero attached hydrogens (tertiary/aromatic N) is 1. The largest absolute Gasteiger partial charge is 0.327 e. The summed E-state index contributed by atoms with van der Waals surface area (Å²) in [4.78, 5) is 2.67. The molecule has 94 valence electrons. The van der Waals surface area contributed by atoms with Crippen molar-refractivity contribution in [2.24, 2.45) is 17.1 Å². The first-order chi connectivity index (χ1) is 7.58. The van der Waals surface area contributed by atoms with Gasteiger partial charge >= 0.3 is 0 Å². The van der Waals surface area contributed by atoms with E-state index in [-0.39, 0.29) is 0 Å². The van der Waals surface area contributed by atoms with Crippen molar-refractivity contribution in [2.75, 3.05) is 19.6 Å². The molecule has 2 N–H and O–H groups in total. The van der Waals surface area contributed by atoms with Gasteiger partial charge in [-0.25, -0.2) is 0 Å². The minimum absolute atomic E-state index is 0.312. The summed E-state index contributed by atoms with van der Waals surface area (Å²) in [6.45, 7) is 8.40. The number of piperidine rings is 1. The average Bonchev–Trinajstić information content (AvgIpc) is 2.25. The Bertz CT molecular complexity index is 219. The van der Waals surface area contributed by atoms with Crippen molar-refractivity contribution in [3.8, 4) is 0 Å². The zero-order valence-electron chi connectivity index (χ0n) is 11.0. The van der Waals surface area contributed by atoms with Crippen LogP contribution in [0.4, 0.5) is 0 Å². The molecule has 16 heavy (non-hydrogen) atoms. The van der Waals surface area contributed by atoms with E-state index < -0.39 is 0 Å². The summed E-state index contributed by atoms with van der Waals surface area (Å²) in [6.07, 6.45) is 8.49. The minimum atomic E-state index is 0.312. The van der Waals surface area contributed by atoms with E-state index in [1.54, 1.807) is 0 Å². The lowest BCUT2D eigenvalue weighted by molar-refractivity contribution is 0.0760. The first-order valence-corrected chi connectivity index (χ1v) is 7.06. The number of rotatable bonds is 2. The molecule has 2 aliphatic rings. The van der Waals surface area contributed by atoms with Gasteiger partial charge in [0.05, 0.1) is 0 Å². The van der Waals surface area contributed by atoms with Gasteiger partial charge in [0.2, 0.25) is 0 Å². The number of nitrogens with two attached hydrogens (primary N) is 1. The maximum Gasteiger partial charge on any atom is 0.0115 e. The molecule has 1 unspecified atom stereocenters. The topological polar surface area (TPSA) is 29.3 Å². The monoisotopic (exact) mass is 224 g/mol. The van der Waals surface area contributed by atoms with Crippen LogP contribution in [-0.4, -0.2) is 30.6 Å². The fourth-order valence-corrected chi connectivity index (χ4v) is 3.38. The van der Waals surface area contributed by atoms with Crippen LogP contribution in [-0.2, 0) is 0 Å². The Kier molecular flexibility index (Phi) is 3.91. The molecule has 2 rings (SSSR count). The first kappa shape index (κ1) is 12.4. The summed E-state index contributed by atoms with van der Waals surface area (Å²) < 4.78 is 0. The molecule has 0 aromatic heterocycles. The lowest BCUT2D eigenvalue weighted by atomic mass is 9.79. The van der Waals surface area contributed by atoms with E-state index in [4.69, 9.17) is 5.73 Å². The van der Waals surface area contributed by atoms with Crippen molar-refractivity contribution < 1.29 is 0 Å². The van der Waals surface area contributed by atoms with Crippen molar-refractivity contribution >= 4 is 0 Å². The predicted molar refractivity (Wildman–Crippen MR) is 69.4 cm³/mol. The molecule has 1 aliphatic heterocycles. The molecule has 0 amide bonds. The van der Waals surface area contributed by atoms with Crippen LogP contribution in [0.25, 0.3) is 0 Å². The van der Waals surface area contributed by atoms with Gasteiger partial charge < -0.3 is 10.6 Å². The van der Waals surface area contributed by atoms with E-state index in [9.17, 15) is 0 Å². The zero-order valence-corrected chi connectivity index (χ0v) is 11.0. The van der Waals surface area contributed by atoms with E-state index in [0.717, 1.165) is 5.92 Å². The van der Waals surface area contributed by atoms with E-state index in [2.05, 4.69) is 18.7 Å². The Morgan fingerprint density at radius 1 is 1.12 bits per heavy atom. The standard InChI is InChI=1S/C14H28N2/c1-14(2)11-16(9-8-13(14)15)10-12-6-4-3-5-7-12/h12-13H,3-11,15H2,1-2H3. The fourth-order valence-electron chi connectivity index (χ4n) is 3.38. The van der Waals surface area contributed by atoms with Gasteiger partial charge in [-0.15, -0.1) is 0 Å². The Morgan fingerprint density at radius 2 is 1.81 bits per heavy atom. The van der Waals surface area contributed by atoms with Crippen molar-refractivity contribution in [1.82, 2.24) is 4.90 Å². The highest BCUT2D eigenvalue weighted by Crippen LogP contribution is 2.30. The molecule has 2 fully saturated rings. The van der Waals surface area contributed by atoms with Crippen LogP contribution in [0.2, 0.25) is 0 Å². The van der Waals surface area contributed by atoms with Crippen LogP contribution >= 0.6 is 0 Å². The zero-order chi connectivity index (χ0) is 11.6. The molecular weight excluding hydrogens is 196 g/mol. The molecule has 1 heterocycles. The molecule has 1 atom stereocenters. The van der Waals surface area contributed by atoms with E-state index in [1.165, 1.54) is 58.2 Å². The number of likely N-dealkylation sites (tertiary alicyclic amines) is 1. The van der Waals surface area contributed by atoms with Gasteiger partial charge in [-0.2, -0.15) is 0 Å². The first-order valence-electron chi connectivity index (χ1n) is 7.06. The molecular formula is C14H28N2. The molecule has 0 bridgehead atoms. The normalized spacial score (nSPS) is 32.8. The molecule has 1 saturated carbocycles. The summed E-state index contributed by atoms with van der Waals surface area (Å²) in [5.74, 6) is 0.971. The van der Waals surface area contributed by atoms with Gasteiger partial charge in [-0.1, -0.05) is 33.1 Å². The Morgan fingerprint density at radius 3 is 2.44 bits per heavy atom. The molecule has 0 radical (unpaired) electrons. The molecule has 1 saturated heterocycles. The molecule has 0 aromatic carbocycles. The predicted octanol–water partition coefficient (Wildman–Crippen LogP) is 2.63. The highest BCUT2D eigenvalue weighted by atomic mass is 15.1. The summed E-state index contributed by atoms with van der Waals surface area (Å²) >= 11 is 0. The summed E-state index contributed by atoms with van der Waals surface area (Å²) in [5, 5.41) is 0. The van der Waals surface area contributed by atoms with Crippen LogP contribution in [0, 0.1) is 11.3 Å². The molecule has 2 nitrogen and oxygen atoms in total. The number of hydrogen-bond donors (Lipinski definition) is 1. The van der Waals surface area contributed by atoms with Gasteiger partial charge in [0.25, 0.3) is 0 Å². The maximum atomic E-state index is 6.18. The summed E-state index contributed by atoms with van der Waals surface area (Å²) in [6, 6.07) is 0.398. The van der Waals surface area contributed by atoms with Gasteiger partial charge in [-0.3, -0.25) is 0 Å². The summed E-state index contributed by atoms with van der Waals surface area (Å²) in [7, 11) is 0. The van der Waals surface area contributed by atoms with Crippen LogP contribution in [0.5, 0.6) is 0 Å². The SMILES string of the molecule is CC1(C)CN(CC2CCCCC2)CCC1N. The second kappa shape index (κ2) is 5.05. The van der Waals surface area contributed by atoms with E-state index in [1.807, 2.05) is 0 Å². The van der Waals surface area contributed by atoms with Crippen molar-refractivity contribution in [3.05, 3.63) is 0 Å². The smallest absolute Gasteiger partial charge is 0.0115 e. The second-order valence-electron chi connectivity index (χ2n) is 6.62. The van der Waals surface area contributed by atoms with Crippen LogP contribution in [0.15, 0.2) is 0 Å². The van der Waals surface area contributed by atoms with E-state index >= 15 is 0 Å². The van der Waals surface area contributed by atoms with Gasteiger partial charge in [0.15, 0.2) is 0 Å². The minimum Gasteiger partial charge on any atom is -0.327 e. The average molecular weight is 224 g/mol. The lowest BCUT2D eigenvalue weighted by Crippen LogP contribution is -2.53.